The fraction of sp³-hybridized carbons (Fsp3) is 0.714. The zero-order chi connectivity index (χ0) is 14.2. The Morgan fingerprint density at radius 1 is 1.45 bits per heavy atom. The van der Waals surface area contributed by atoms with Crippen molar-refractivity contribution in [2.45, 2.75) is 50.5 Å². The van der Waals surface area contributed by atoms with Gasteiger partial charge in [0.2, 0.25) is 5.91 Å². The summed E-state index contributed by atoms with van der Waals surface area (Å²) < 4.78 is 5.76. The topological polar surface area (TPSA) is 51.2 Å². The molecule has 0 aromatic carbocycles. The summed E-state index contributed by atoms with van der Waals surface area (Å²) in [6.45, 7) is 1.17. The van der Waals surface area contributed by atoms with E-state index in [2.05, 4.69) is 10.3 Å². The summed E-state index contributed by atoms with van der Waals surface area (Å²) in [7, 11) is 0. The summed E-state index contributed by atoms with van der Waals surface area (Å²) in [6, 6.07) is 0. The molecule has 112 valence electrons. The average molecular weight is 317 g/mol. The number of amides is 1. The first-order valence-corrected chi connectivity index (χ1v) is 8.57. The second-order valence-electron chi connectivity index (χ2n) is 5.02. The fourth-order valence-corrected chi connectivity index (χ4v) is 3.36. The van der Waals surface area contributed by atoms with Crippen molar-refractivity contribution in [2.75, 3.05) is 13.2 Å². The van der Waals surface area contributed by atoms with E-state index in [4.69, 9.17) is 16.3 Å². The summed E-state index contributed by atoms with van der Waals surface area (Å²) in [5.74, 6) is 0.389. The van der Waals surface area contributed by atoms with Gasteiger partial charge in [-0.25, -0.2) is 4.98 Å². The van der Waals surface area contributed by atoms with Crippen molar-refractivity contribution in [1.82, 2.24) is 10.3 Å². The van der Waals surface area contributed by atoms with Gasteiger partial charge in [0.05, 0.1) is 30.7 Å². The van der Waals surface area contributed by atoms with E-state index in [9.17, 15) is 4.79 Å². The van der Waals surface area contributed by atoms with E-state index < -0.39 is 0 Å². The first-order valence-electron chi connectivity index (χ1n) is 7.15. The van der Waals surface area contributed by atoms with Crippen molar-refractivity contribution in [3.8, 4) is 0 Å². The number of halogens is 1. The lowest BCUT2D eigenvalue weighted by Crippen LogP contribution is -2.30. The number of carbonyl (C=O) groups is 1. The maximum atomic E-state index is 11.7. The van der Waals surface area contributed by atoms with Crippen LogP contribution in [0.4, 0.5) is 0 Å². The third kappa shape index (κ3) is 5.38. The van der Waals surface area contributed by atoms with Crippen LogP contribution in [0.2, 0.25) is 0 Å². The van der Waals surface area contributed by atoms with E-state index >= 15 is 0 Å². The molecule has 0 atom stereocenters. The number of rotatable bonds is 7. The number of nitrogens with zero attached hydrogens (tertiary/aromatic N) is 1. The molecule has 1 aliphatic rings. The van der Waals surface area contributed by atoms with E-state index in [0.29, 0.717) is 31.6 Å². The van der Waals surface area contributed by atoms with E-state index in [1.165, 1.54) is 30.6 Å². The second kappa shape index (κ2) is 8.60. The van der Waals surface area contributed by atoms with Gasteiger partial charge in [0.1, 0.15) is 5.01 Å². The third-order valence-corrected chi connectivity index (χ3v) is 4.55. The minimum Gasteiger partial charge on any atom is -0.376 e. The molecule has 0 aliphatic heterocycles. The Morgan fingerprint density at radius 2 is 2.25 bits per heavy atom. The molecule has 0 radical (unpaired) electrons. The van der Waals surface area contributed by atoms with Crippen molar-refractivity contribution in [2.24, 2.45) is 0 Å². The van der Waals surface area contributed by atoms with Crippen LogP contribution in [0, 0.1) is 0 Å². The van der Waals surface area contributed by atoms with Gasteiger partial charge in [0.25, 0.3) is 0 Å². The second-order valence-corrected chi connectivity index (χ2v) is 6.23. The zero-order valence-electron chi connectivity index (χ0n) is 11.6. The van der Waals surface area contributed by atoms with E-state index in [0.717, 1.165) is 23.5 Å². The molecular formula is C14H21ClN2O2S. The van der Waals surface area contributed by atoms with E-state index in [1.54, 1.807) is 0 Å². The molecule has 1 N–H and O–H groups in total. The SMILES string of the molecule is O=C(Cc1nc(CCl)cs1)NCCOC1CCCCC1. The quantitative estimate of drug-likeness (QED) is 0.621. The minimum absolute atomic E-state index is 0.00674. The highest BCUT2D eigenvalue weighted by atomic mass is 35.5. The van der Waals surface area contributed by atoms with Crippen molar-refractivity contribution in [1.29, 1.82) is 0 Å². The number of alkyl halides is 1. The predicted octanol–water partition coefficient (Wildman–Crippen LogP) is 2.89. The van der Waals surface area contributed by atoms with Crippen LogP contribution in [0.25, 0.3) is 0 Å². The molecule has 1 aliphatic carbocycles. The molecule has 0 bridgehead atoms. The highest BCUT2D eigenvalue weighted by Gasteiger charge is 2.13. The molecule has 1 aromatic heterocycles. The molecule has 1 aromatic rings. The van der Waals surface area contributed by atoms with Gasteiger partial charge in [0, 0.05) is 11.9 Å². The van der Waals surface area contributed by atoms with Gasteiger partial charge in [0.15, 0.2) is 0 Å². The normalized spacial score (nSPS) is 16.2. The molecule has 0 spiro atoms. The standard InChI is InChI=1S/C14H21ClN2O2S/c15-9-11-10-20-14(17-11)8-13(18)16-6-7-19-12-4-2-1-3-5-12/h10,12H,1-9H2,(H,16,18). The molecule has 0 unspecified atom stereocenters. The maximum absolute atomic E-state index is 11.7. The van der Waals surface area contributed by atoms with Gasteiger partial charge in [-0.3, -0.25) is 4.79 Å². The maximum Gasteiger partial charge on any atom is 0.226 e. The van der Waals surface area contributed by atoms with Crippen LogP contribution < -0.4 is 5.32 Å². The zero-order valence-corrected chi connectivity index (χ0v) is 13.1. The number of hydrogen-bond acceptors (Lipinski definition) is 4. The van der Waals surface area contributed by atoms with Crippen LogP contribution in [-0.2, 0) is 21.8 Å². The molecule has 1 fully saturated rings. The molecule has 20 heavy (non-hydrogen) atoms. The number of carbonyl (C=O) groups excluding carboxylic acids is 1. The van der Waals surface area contributed by atoms with Gasteiger partial charge in [-0.05, 0) is 12.8 Å². The number of nitrogens with one attached hydrogen (secondary N) is 1. The van der Waals surface area contributed by atoms with Crippen LogP contribution >= 0.6 is 22.9 Å². The van der Waals surface area contributed by atoms with Gasteiger partial charge in [-0.15, -0.1) is 22.9 Å². The Balaban J connectivity index is 1.57. The van der Waals surface area contributed by atoms with Crippen LogP contribution in [0.3, 0.4) is 0 Å². The summed E-state index contributed by atoms with van der Waals surface area (Å²) >= 11 is 7.16. The largest absolute Gasteiger partial charge is 0.376 e. The summed E-state index contributed by atoms with van der Waals surface area (Å²) in [6.07, 6.45) is 6.90. The summed E-state index contributed by atoms with van der Waals surface area (Å²) in [5.41, 5.74) is 0.833. The van der Waals surface area contributed by atoms with E-state index in [-0.39, 0.29) is 5.91 Å². The number of thiazole rings is 1. The minimum atomic E-state index is -0.00674. The molecular weight excluding hydrogens is 296 g/mol. The van der Waals surface area contributed by atoms with Crippen molar-refractivity contribution in [3.05, 3.63) is 16.1 Å². The fourth-order valence-electron chi connectivity index (χ4n) is 2.34. The Bertz CT molecular complexity index is 419. The van der Waals surface area contributed by atoms with Crippen LogP contribution in [0.15, 0.2) is 5.38 Å². The van der Waals surface area contributed by atoms with Crippen LogP contribution in [-0.4, -0.2) is 30.1 Å². The van der Waals surface area contributed by atoms with Gasteiger partial charge in [-0.2, -0.15) is 0 Å². The van der Waals surface area contributed by atoms with Gasteiger partial charge < -0.3 is 10.1 Å². The highest BCUT2D eigenvalue weighted by molar-refractivity contribution is 7.09. The highest BCUT2D eigenvalue weighted by Crippen LogP contribution is 2.19. The molecule has 6 heteroatoms. The Labute approximate surface area is 128 Å². The van der Waals surface area contributed by atoms with E-state index in [1.807, 2.05) is 5.38 Å². The average Bonchev–Trinajstić information content (AvgIpc) is 2.92. The molecule has 0 saturated heterocycles. The first kappa shape index (κ1) is 15.7. The van der Waals surface area contributed by atoms with Crippen molar-refractivity contribution < 1.29 is 9.53 Å². The summed E-state index contributed by atoms with van der Waals surface area (Å²) in [4.78, 5) is 16.0. The van der Waals surface area contributed by atoms with Crippen molar-refractivity contribution >= 4 is 28.8 Å². The Kier molecular flexibility index (Phi) is 6.76. The molecule has 1 heterocycles. The number of aromatic nitrogens is 1. The third-order valence-electron chi connectivity index (χ3n) is 3.38. The van der Waals surface area contributed by atoms with Crippen LogP contribution in [0.1, 0.15) is 42.8 Å². The molecule has 1 saturated carbocycles. The Morgan fingerprint density at radius 3 is 2.95 bits per heavy atom. The number of ether oxygens (including phenoxy) is 1. The Hall–Kier alpha value is -0.650. The van der Waals surface area contributed by atoms with Gasteiger partial charge >= 0.3 is 0 Å². The summed E-state index contributed by atoms with van der Waals surface area (Å²) in [5, 5.41) is 5.57. The molecule has 4 nitrogen and oxygen atoms in total. The lowest BCUT2D eigenvalue weighted by Gasteiger charge is -2.21. The van der Waals surface area contributed by atoms with Gasteiger partial charge in [-0.1, -0.05) is 19.3 Å². The monoisotopic (exact) mass is 316 g/mol. The van der Waals surface area contributed by atoms with Crippen molar-refractivity contribution in [3.63, 3.8) is 0 Å². The molecule has 2 rings (SSSR count). The molecule has 1 amide bonds. The first-order chi connectivity index (χ1) is 9.78. The van der Waals surface area contributed by atoms with Crippen LogP contribution in [0.5, 0.6) is 0 Å². The predicted molar refractivity (Wildman–Crippen MR) is 81.2 cm³/mol. The smallest absolute Gasteiger partial charge is 0.226 e. The lowest BCUT2D eigenvalue weighted by atomic mass is 9.98. The lowest BCUT2D eigenvalue weighted by molar-refractivity contribution is -0.120. The number of hydrogen-bond donors (Lipinski definition) is 1.